The smallest absolute Gasteiger partial charge is 0.337 e. The first kappa shape index (κ1) is 14.6. The number of nitrogens with one attached hydrogen (secondary N) is 1. The molecule has 0 bridgehead atoms. The fourth-order valence-electron chi connectivity index (χ4n) is 0.958. The molecule has 0 saturated heterocycles. The number of rotatable bonds is 3. The van der Waals surface area contributed by atoms with E-state index in [9.17, 15) is 9.00 Å². The molecular weight excluding hydrogens is 226 g/mol. The summed E-state index contributed by atoms with van der Waals surface area (Å²) in [7, 11) is 0.227. The number of hydrogen-bond donors (Lipinski definition) is 1. The molecular formula is C11H17NO3S. The van der Waals surface area contributed by atoms with Gasteiger partial charge in [-0.25, -0.2) is 9.00 Å². The lowest BCUT2D eigenvalue weighted by Crippen LogP contribution is -2.03. The molecule has 1 aromatic carbocycles. The van der Waals surface area contributed by atoms with Gasteiger partial charge in [-0.3, -0.25) is 0 Å². The van der Waals surface area contributed by atoms with Crippen LogP contribution in [0.2, 0.25) is 0 Å². The molecule has 0 amide bonds. The minimum Gasteiger partial charge on any atom is -0.465 e. The van der Waals surface area contributed by atoms with Crippen LogP contribution in [0, 0.1) is 0 Å². The van der Waals surface area contributed by atoms with Crippen LogP contribution in [0.25, 0.3) is 0 Å². The number of methoxy groups -OCH3 is 1. The van der Waals surface area contributed by atoms with E-state index < -0.39 is 11.0 Å². The summed E-state index contributed by atoms with van der Waals surface area (Å²) < 4.78 is 18.0. The fraction of sp³-hybridized carbons (Fsp3) is 0.364. The molecule has 1 unspecified atom stereocenters. The lowest BCUT2D eigenvalue weighted by molar-refractivity contribution is 0.0601. The molecule has 0 aliphatic heterocycles. The number of esters is 1. The summed E-state index contributed by atoms with van der Waals surface area (Å²) in [6.45, 7) is 4.00. The second-order valence-electron chi connectivity index (χ2n) is 2.63. The Morgan fingerprint density at radius 2 is 1.75 bits per heavy atom. The molecule has 0 fully saturated rings. The van der Waals surface area contributed by atoms with Gasteiger partial charge < -0.3 is 9.46 Å². The normalized spacial score (nSPS) is 10.8. The molecule has 0 aliphatic carbocycles. The van der Waals surface area contributed by atoms with Crippen LogP contribution in [0.15, 0.2) is 24.3 Å². The van der Waals surface area contributed by atoms with E-state index >= 15 is 0 Å². The van der Waals surface area contributed by atoms with E-state index in [0.29, 0.717) is 11.3 Å². The van der Waals surface area contributed by atoms with Gasteiger partial charge in [-0.2, -0.15) is 0 Å². The third-order valence-electron chi connectivity index (χ3n) is 1.57. The number of benzene rings is 1. The van der Waals surface area contributed by atoms with E-state index in [4.69, 9.17) is 0 Å². The minimum atomic E-state index is -1.10. The van der Waals surface area contributed by atoms with Gasteiger partial charge in [0.05, 0.1) is 12.7 Å². The Labute approximate surface area is 98.6 Å². The van der Waals surface area contributed by atoms with Crippen molar-refractivity contribution in [3.8, 4) is 0 Å². The first-order valence-corrected chi connectivity index (χ1v) is 6.47. The number of hydrogen-bond acceptors (Lipinski definition) is 3. The molecule has 1 aromatic rings. The second-order valence-corrected chi connectivity index (χ2v) is 3.74. The molecule has 1 rings (SSSR count). The Bertz CT molecular complexity index is 349. The number of carbonyl (C=O) groups excluding carboxylic acids is 1. The molecule has 90 valence electrons. The Morgan fingerprint density at radius 3 is 2.12 bits per heavy atom. The quantitative estimate of drug-likeness (QED) is 0.828. The van der Waals surface area contributed by atoms with Gasteiger partial charge >= 0.3 is 5.97 Å². The average Bonchev–Trinajstić information content (AvgIpc) is 2.31. The average molecular weight is 243 g/mol. The molecule has 0 radical (unpaired) electrons. The van der Waals surface area contributed by atoms with E-state index in [1.165, 1.54) is 13.4 Å². The standard InChI is InChI=1S/C9H11NO3S.C2H6/c1-13-9(11)7-3-5-8(6-4-7)10-14(2)12;1-2/h3-6,10H,1-2H3;1-2H3. The molecule has 0 heterocycles. The third kappa shape index (κ3) is 4.93. The molecule has 1 atom stereocenters. The van der Waals surface area contributed by atoms with Gasteiger partial charge in [-0.1, -0.05) is 13.8 Å². The van der Waals surface area contributed by atoms with Crippen molar-refractivity contribution in [1.29, 1.82) is 0 Å². The van der Waals surface area contributed by atoms with Gasteiger partial charge in [-0.05, 0) is 24.3 Å². The van der Waals surface area contributed by atoms with E-state index in [2.05, 4.69) is 9.46 Å². The highest BCUT2D eigenvalue weighted by Gasteiger charge is 2.03. The molecule has 1 N–H and O–H groups in total. The molecule has 0 aliphatic rings. The van der Waals surface area contributed by atoms with Crippen LogP contribution in [0.4, 0.5) is 5.69 Å². The van der Waals surface area contributed by atoms with Crippen molar-refractivity contribution in [3.05, 3.63) is 29.8 Å². The van der Waals surface area contributed by atoms with Crippen LogP contribution >= 0.6 is 0 Å². The van der Waals surface area contributed by atoms with Crippen LogP contribution in [-0.2, 0) is 15.7 Å². The zero-order valence-electron chi connectivity index (χ0n) is 9.94. The summed E-state index contributed by atoms with van der Waals surface area (Å²) in [5, 5.41) is 0. The lowest BCUT2D eigenvalue weighted by atomic mass is 10.2. The Balaban J connectivity index is 0.00000106. The Morgan fingerprint density at radius 1 is 1.25 bits per heavy atom. The van der Waals surface area contributed by atoms with Crippen LogP contribution in [0.1, 0.15) is 24.2 Å². The highest BCUT2D eigenvalue weighted by atomic mass is 32.2. The summed E-state index contributed by atoms with van der Waals surface area (Å²) in [6.07, 6.45) is 1.54. The highest BCUT2D eigenvalue weighted by molar-refractivity contribution is 7.85. The monoisotopic (exact) mass is 243 g/mol. The lowest BCUT2D eigenvalue weighted by Gasteiger charge is -2.03. The third-order valence-corrected chi connectivity index (χ3v) is 2.09. The van der Waals surface area contributed by atoms with Crippen LogP contribution < -0.4 is 4.72 Å². The summed E-state index contributed by atoms with van der Waals surface area (Å²) in [4.78, 5) is 11.0. The SMILES string of the molecule is CC.COC(=O)c1ccc(NS(C)=O)cc1. The fourth-order valence-corrected chi connectivity index (χ4v) is 1.43. The Kier molecular flexibility index (Phi) is 7.20. The summed E-state index contributed by atoms with van der Waals surface area (Å²) in [5.74, 6) is -0.380. The predicted octanol–water partition coefficient (Wildman–Crippen LogP) is 2.20. The molecule has 16 heavy (non-hydrogen) atoms. The topological polar surface area (TPSA) is 55.4 Å². The van der Waals surface area contributed by atoms with Crippen LogP contribution in [0.3, 0.4) is 0 Å². The number of anilines is 1. The number of ether oxygens (including phenoxy) is 1. The Hall–Kier alpha value is -1.36. The van der Waals surface area contributed by atoms with Crippen molar-refractivity contribution in [2.45, 2.75) is 13.8 Å². The van der Waals surface area contributed by atoms with E-state index in [0.717, 1.165) is 0 Å². The maximum Gasteiger partial charge on any atom is 0.337 e. The largest absolute Gasteiger partial charge is 0.465 e. The van der Waals surface area contributed by atoms with E-state index in [1.807, 2.05) is 13.8 Å². The van der Waals surface area contributed by atoms with Crippen molar-refractivity contribution in [1.82, 2.24) is 0 Å². The van der Waals surface area contributed by atoms with Crippen LogP contribution in [-0.4, -0.2) is 23.5 Å². The molecule has 4 nitrogen and oxygen atoms in total. The van der Waals surface area contributed by atoms with Gasteiger partial charge in [-0.15, -0.1) is 0 Å². The van der Waals surface area contributed by atoms with Crippen molar-refractivity contribution in [2.75, 3.05) is 18.1 Å². The van der Waals surface area contributed by atoms with E-state index in [-0.39, 0.29) is 5.97 Å². The van der Waals surface area contributed by atoms with Gasteiger partial charge in [0.1, 0.15) is 11.0 Å². The summed E-state index contributed by atoms with van der Waals surface area (Å²) in [5.41, 5.74) is 1.18. The van der Waals surface area contributed by atoms with Gasteiger partial charge in [0.25, 0.3) is 0 Å². The van der Waals surface area contributed by atoms with Crippen molar-refractivity contribution in [3.63, 3.8) is 0 Å². The van der Waals surface area contributed by atoms with Crippen molar-refractivity contribution in [2.24, 2.45) is 0 Å². The highest BCUT2D eigenvalue weighted by Crippen LogP contribution is 2.10. The zero-order chi connectivity index (χ0) is 12.6. The maximum atomic E-state index is 11.0. The van der Waals surface area contributed by atoms with Gasteiger partial charge in [0, 0.05) is 11.9 Å². The molecule has 5 heteroatoms. The van der Waals surface area contributed by atoms with Gasteiger partial charge in [0.15, 0.2) is 0 Å². The second kappa shape index (κ2) is 7.87. The molecule has 0 aromatic heterocycles. The first-order valence-electron chi connectivity index (χ1n) is 4.92. The van der Waals surface area contributed by atoms with Crippen molar-refractivity contribution < 1.29 is 13.7 Å². The summed E-state index contributed by atoms with van der Waals surface area (Å²) >= 11 is 0. The van der Waals surface area contributed by atoms with Gasteiger partial charge in [0.2, 0.25) is 0 Å². The predicted molar refractivity (Wildman–Crippen MR) is 66.8 cm³/mol. The van der Waals surface area contributed by atoms with Crippen LogP contribution in [0.5, 0.6) is 0 Å². The molecule has 0 saturated carbocycles. The number of carbonyl (C=O) groups is 1. The van der Waals surface area contributed by atoms with Crippen molar-refractivity contribution >= 4 is 22.6 Å². The van der Waals surface area contributed by atoms with E-state index in [1.54, 1.807) is 24.3 Å². The summed E-state index contributed by atoms with van der Waals surface area (Å²) in [6, 6.07) is 6.57. The maximum absolute atomic E-state index is 11.0. The minimum absolute atomic E-state index is 0.380. The first-order chi connectivity index (χ1) is 7.63. The molecule has 0 spiro atoms. The zero-order valence-corrected chi connectivity index (χ0v) is 10.8.